The lowest BCUT2D eigenvalue weighted by Gasteiger charge is -2.14. The van der Waals surface area contributed by atoms with Crippen molar-refractivity contribution in [2.45, 2.75) is 26.3 Å². The highest BCUT2D eigenvalue weighted by molar-refractivity contribution is 6.30. The van der Waals surface area contributed by atoms with E-state index in [1.807, 2.05) is 26.0 Å². The number of halogens is 1. The molecule has 0 radical (unpaired) electrons. The number of rotatable bonds is 4. The smallest absolute Gasteiger partial charge is 0.272 e. The highest BCUT2D eigenvalue weighted by atomic mass is 35.5. The highest BCUT2D eigenvalue weighted by Crippen LogP contribution is 2.20. The van der Waals surface area contributed by atoms with Gasteiger partial charge in [0.1, 0.15) is 5.69 Å². The van der Waals surface area contributed by atoms with Gasteiger partial charge in [-0.3, -0.25) is 9.48 Å². The van der Waals surface area contributed by atoms with Crippen LogP contribution in [0.1, 0.15) is 41.6 Å². The van der Waals surface area contributed by atoms with Gasteiger partial charge in [-0.2, -0.15) is 5.10 Å². The number of aryl methyl sites for hydroxylation is 2. The Morgan fingerprint density at radius 3 is 2.57 bits per heavy atom. The Morgan fingerprint density at radius 2 is 2.05 bits per heavy atom. The summed E-state index contributed by atoms with van der Waals surface area (Å²) in [6.07, 6.45) is 0.694. The third-order valence-corrected chi connectivity index (χ3v) is 3.68. The van der Waals surface area contributed by atoms with Gasteiger partial charge in [0.2, 0.25) is 0 Å². The van der Waals surface area contributed by atoms with Gasteiger partial charge >= 0.3 is 0 Å². The molecular weight excluding hydrogens is 288 g/mol. The number of benzene rings is 1. The van der Waals surface area contributed by atoms with Crippen LogP contribution >= 0.6 is 11.6 Å². The first-order chi connectivity index (χ1) is 9.93. The van der Waals surface area contributed by atoms with Gasteiger partial charge in [0.15, 0.2) is 0 Å². The van der Waals surface area contributed by atoms with E-state index >= 15 is 0 Å². The first kappa shape index (κ1) is 15.4. The zero-order chi connectivity index (χ0) is 15.6. The Kier molecular flexibility index (Phi) is 4.53. The van der Waals surface area contributed by atoms with E-state index in [9.17, 15) is 4.79 Å². The van der Waals surface area contributed by atoms with Crippen molar-refractivity contribution in [2.24, 2.45) is 7.05 Å². The molecule has 1 unspecified atom stereocenters. The summed E-state index contributed by atoms with van der Waals surface area (Å²) in [6.45, 7) is 3.87. The fourth-order valence-electron chi connectivity index (χ4n) is 2.23. The molecule has 0 bridgehead atoms. The van der Waals surface area contributed by atoms with Crippen molar-refractivity contribution in [1.82, 2.24) is 15.1 Å². The van der Waals surface area contributed by atoms with Crippen LogP contribution in [0.2, 0.25) is 5.02 Å². The van der Waals surface area contributed by atoms with Crippen LogP contribution in [0.5, 0.6) is 0 Å². The van der Waals surface area contributed by atoms with Crippen LogP contribution in [0.25, 0.3) is 0 Å². The second-order valence-corrected chi connectivity index (χ2v) is 5.37. The quantitative estimate of drug-likeness (QED) is 0.912. The second kappa shape index (κ2) is 6.18. The number of amides is 1. The molecule has 1 atom stereocenters. The van der Waals surface area contributed by atoms with Crippen molar-refractivity contribution >= 4 is 23.2 Å². The molecule has 6 heteroatoms. The standard InChI is InChI=1S/C15H19ClN4O/c1-4-12-13(17)14(20(3)19-12)15(21)18-9(2)10-5-7-11(16)8-6-10/h5-9H,4,17H2,1-3H3,(H,18,21). The van der Waals surface area contributed by atoms with Crippen LogP contribution in [0.15, 0.2) is 24.3 Å². The van der Waals surface area contributed by atoms with Gasteiger partial charge in [-0.25, -0.2) is 0 Å². The average Bonchev–Trinajstić information content (AvgIpc) is 2.73. The zero-order valence-corrected chi connectivity index (χ0v) is 13.1. The number of aromatic nitrogens is 2. The fourth-order valence-corrected chi connectivity index (χ4v) is 2.35. The first-order valence-corrected chi connectivity index (χ1v) is 7.19. The van der Waals surface area contributed by atoms with Crippen LogP contribution in [0.4, 0.5) is 5.69 Å². The molecule has 0 spiro atoms. The number of nitrogens with two attached hydrogens (primary N) is 1. The molecule has 112 valence electrons. The lowest BCUT2D eigenvalue weighted by Crippen LogP contribution is -2.29. The summed E-state index contributed by atoms with van der Waals surface area (Å²) in [5.74, 6) is -0.232. The molecular formula is C15H19ClN4O. The monoisotopic (exact) mass is 306 g/mol. The van der Waals surface area contributed by atoms with Gasteiger partial charge in [-0.05, 0) is 31.0 Å². The predicted octanol–water partition coefficient (Wildman–Crippen LogP) is 2.71. The minimum atomic E-state index is -0.232. The van der Waals surface area contributed by atoms with E-state index in [4.69, 9.17) is 17.3 Å². The van der Waals surface area contributed by atoms with E-state index in [0.717, 1.165) is 11.3 Å². The Hall–Kier alpha value is -2.01. The molecule has 0 aliphatic heterocycles. The van der Waals surface area contributed by atoms with Gasteiger partial charge in [0.25, 0.3) is 5.91 Å². The molecule has 3 N–H and O–H groups in total. The van der Waals surface area contributed by atoms with Gasteiger partial charge in [-0.1, -0.05) is 30.7 Å². The molecule has 2 aromatic rings. The summed E-state index contributed by atoms with van der Waals surface area (Å²) in [5, 5.41) is 7.85. The minimum absolute atomic E-state index is 0.144. The average molecular weight is 307 g/mol. The number of nitrogens with zero attached hydrogens (tertiary/aromatic N) is 2. The summed E-state index contributed by atoms with van der Waals surface area (Å²) in [4.78, 5) is 12.4. The lowest BCUT2D eigenvalue weighted by atomic mass is 10.1. The molecule has 0 saturated heterocycles. The molecule has 1 aromatic carbocycles. The number of hydrogen-bond donors (Lipinski definition) is 2. The Balaban J connectivity index is 2.18. The minimum Gasteiger partial charge on any atom is -0.395 e. The molecule has 0 aliphatic rings. The van der Waals surface area contributed by atoms with E-state index in [2.05, 4.69) is 10.4 Å². The van der Waals surface area contributed by atoms with Gasteiger partial charge in [-0.15, -0.1) is 0 Å². The van der Waals surface area contributed by atoms with Crippen molar-refractivity contribution in [3.63, 3.8) is 0 Å². The van der Waals surface area contributed by atoms with Crippen LogP contribution in [-0.2, 0) is 13.5 Å². The third-order valence-electron chi connectivity index (χ3n) is 3.43. The largest absolute Gasteiger partial charge is 0.395 e. The fraction of sp³-hybridized carbons (Fsp3) is 0.333. The van der Waals surface area contributed by atoms with E-state index in [1.165, 1.54) is 4.68 Å². The Morgan fingerprint density at radius 1 is 1.43 bits per heavy atom. The molecule has 0 aliphatic carbocycles. The Labute approximate surface area is 129 Å². The van der Waals surface area contributed by atoms with Crippen LogP contribution in [0.3, 0.4) is 0 Å². The predicted molar refractivity (Wildman–Crippen MR) is 84.3 cm³/mol. The first-order valence-electron chi connectivity index (χ1n) is 6.81. The molecule has 1 aromatic heterocycles. The van der Waals surface area contributed by atoms with Crippen molar-refractivity contribution in [3.8, 4) is 0 Å². The van der Waals surface area contributed by atoms with Crippen molar-refractivity contribution in [3.05, 3.63) is 46.2 Å². The van der Waals surface area contributed by atoms with E-state index in [1.54, 1.807) is 19.2 Å². The second-order valence-electron chi connectivity index (χ2n) is 4.93. The normalized spacial score (nSPS) is 12.2. The maximum absolute atomic E-state index is 12.4. The molecule has 1 heterocycles. The van der Waals surface area contributed by atoms with Crippen LogP contribution in [-0.4, -0.2) is 15.7 Å². The molecule has 1 amide bonds. The molecule has 5 nitrogen and oxygen atoms in total. The molecule has 2 rings (SSSR count). The topological polar surface area (TPSA) is 72.9 Å². The third kappa shape index (κ3) is 3.19. The number of carbonyl (C=O) groups is 1. The number of carbonyl (C=O) groups excluding carboxylic acids is 1. The molecule has 0 saturated carbocycles. The van der Waals surface area contributed by atoms with Crippen molar-refractivity contribution in [1.29, 1.82) is 0 Å². The van der Waals surface area contributed by atoms with Gasteiger partial charge < -0.3 is 11.1 Å². The van der Waals surface area contributed by atoms with Crippen LogP contribution < -0.4 is 11.1 Å². The maximum Gasteiger partial charge on any atom is 0.272 e. The Bertz CT molecular complexity index is 648. The highest BCUT2D eigenvalue weighted by Gasteiger charge is 2.20. The summed E-state index contributed by atoms with van der Waals surface area (Å²) in [7, 11) is 1.72. The number of hydrogen-bond acceptors (Lipinski definition) is 3. The number of nitrogen functional groups attached to an aromatic ring is 1. The summed E-state index contributed by atoms with van der Waals surface area (Å²) in [5.41, 5.74) is 8.54. The maximum atomic E-state index is 12.4. The van der Waals surface area contributed by atoms with Crippen molar-refractivity contribution in [2.75, 3.05) is 5.73 Å². The molecule has 0 fully saturated rings. The summed E-state index contributed by atoms with van der Waals surface area (Å²) >= 11 is 5.86. The van der Waals surface area contributed by atoms with E-state index < -0.39 is 0 Å². The van der Waals surface area contributed by atoms with Gasteiger partial charge in [0.05, 0.1) is 17.4 Å². The van der Waals surface area contributed by atoms with E-state index in [-0.39, 0.29) is 11.9 Å². The number of anilines is 1. The zero-order valence-electron chi connectivity index (χ0n) is 12.4. The molecule has 21 heavy (non-hydrogen) atoms. The lowest BCUT2D eigenvalue weighted by molar-refractivity contribution is 0.0931. The number of nitrogens with one attached hydrogen (secondary N) is 1. The summed E-state index contributed by atoms with van der Waals surface area (Å²) in [6, 6.07) is 7.23. The van der Waals surface area contributed by atoms with E-state index in [0.29, 0.717) is 22.8 Å². The summed E-state index contributed by atoms with van der Waals surface area (Å²) < 4.78 is 1.53. The van der Waals surface area contributed by atoms with Gasteiger partial charge in [0, 0.05) is 12.1 Å². The SMILES string of the molecule is CCc1nn(C)c(C(=O)NC(C)c2ccc(Cl)cc2)c1N. The van der Waals surface area contributed by atoms with Crippen molar-refractivity contribution < 1.29 is 4.79 Å². The van der Waals surface area contributed by atoms with Crippen LogP contribution in [0, 0.1) is 0 Å².